The molecule has 5 aliphatic rings. The number of aliphatic hydroxyl groups excluding tert-OH is 2. The molecule has 11 atom stereocenters. The summed E-state index contributed by atoms with van der Waals surface area (Å²) in [5.41, 5.74) is 0.474. The first-order valence-electron chi connectivity index (χ1n) is 14.0. The molecule has 1 aliphatic heterocycles. The van der Waals surface area contributed by atoms with Crippen molar-refractivity contribution in [3.8, 4) is 0 Å². The molecule has 0 radical (unpaired) electrons. The van der Waals surface area contributed by atoms with Crippen molar-refractivity contribution in [2.24, 2.45) is 52.3 Å². The van der Waals surface area contributed by atoms with Crippen molar-refractivity contribution in [1.82, 2.24) is 4.90 Å². The maximum absolute atomic E-state index is 12.3. The van der Waals surface area contributed by atoms with Crippen molar-refractivity contribution in [2.75, 3.05) is 19.7 Å². The molecule has 1 amide bonds. The Morgan fingerprint density at radius 1 is 1.03 bits per heavy atom. The van der Waals surface area contributed by atoms with E-state index in [1.165, 1.54) is 25.7 Å². The molecule has 1 saturated heterocycles. The minimum atomic E-state index is -0.244. The lowest BCUT2D eigenvalue weighted by molar-refractivity contribution is -0.203. The van der Waals surface area contributed by atoms with Crippen molar-refractivity contribution in [1.29, 1.82) is 0 Å². The molecule has 0 aromatic heterocycles. The van der Waals surface area contributed by atoms with E-state index in [0.717, 1.165) is 45.2 Å². The third-order valence-corrected chi connectivity index (χ3v) is 11.7. The van der Waals surface area contributed by atoms with Crippen molar-refractivity contribution >= 4 is 6.09 Å². The molecule has 2 N–H and O–H groups in total. The lowest BCUT2D eigenvalue weighted by Gasteiger charge is -2.64. The Kier molecular flexibility index (Phi) is 6.30. The predicted octanol–water partition coefficient (Wildman–Crippen LogP) is 5.09. The molecule has 0 aromatic rings. The lowest BCUT2D eigenvalue weighted by atomic mass is 9.41. The van der Waals surface area contributed by atoms with Gasteiger partial charge in [0.1, 0.15) is 0 Å². The van der Waals surface area contributed by atoms with Crippen molar-refractivity contribution < 1.29 is 19.7 Å². The largest absolute Gasteiger partial charge is 0.449 e. The zero-order chi connectivity index (χ0) is 23.5. The van der Waals surface area contributed by atoms with E-state index in [9.17, 15) is 15.0 Å². The predicted molar refractivity (Wildman–Crippen MR) is 128 cm³/mol. The Bertz CT molecular complexity index is 739. The Hall–Kier alpha value is -0.810. The van der Waals surface area contributed by atoms with Gasteiger partial charge in [0, 0.05) is 13.1 Å². The van der Waals surface area contributed by atoms with Crippen LogP contribution in [0.1, 0.15) is 85.5 Å². The van der Waals surface area contributed by atoms with Gasteiger partial charge in [-0.3, -0.25) is 0 Å². The summed E-state index contributed by atoms with van der Waals surface area (Å²) in [4.78, 5) is 14.1. The monoisotopic (exact) mass is 461 g/mol. The van der Waals surface area contributed by atoms with Gasteiger partial charge in [-0.25, -0.2) is 4.79 Å². The molecule has 5 nitrogen and oxygen atoms in total. The van der Waals surface area contributed by atoms with Crippen LogP contribution in [0, 0.1) is 52.3 Å². The van der Waals surface area contributed by atoms with Gasteiger partial charge in [0.15, 0.2) is 0 Å². The van der Waals surface area contributed by atoms with Gasteiger partial charge in [-0.2, -0.15) is 0 Å². The number of likely N-dealkylation sites (tertiary alicyclic amines) is 1. The van der Waals surface area contributed by atoms with Crippen LogP contribution in [0.2, 0.25) is 0 Å². The second kappa shape index (κ2) is 8.69. The summed E-state index contributed by atoms with van der Waals surface area (Å²) in [5.74, 6) is 3.18. The molecular formula is C28H47NO4. The summed E-state index contributed by atoms with van der Waals surface area (Å²) in [6.07, 6.45) is 9.25. The molecule has 5 fully saturated rings. The van der Waals surface area contributed by atoms with E-state index in [1.807, 2.05) is 0 Å². The number of rotatable bonds is 4. The number of carbonyl (C=O) groups is 1. The number of fused-ring (bicyclic) bond motifs is 5. The molecule has 5 heteroatoms. The third-order valence-electron chi connectivity index (χ3n) is 11.7. The molecular weight excluding hydrogens is 414 g/mol. The molecule has 5 rings (SSSR count). The Morgan fingerprint density at radius 3 is 2.39 bits per heavy atom. The van der Waals surface area contributed by atoms with Crippen molar-refractivity contribution in [3.05, 3.63) is 0 Å². The van der Waals surface area contributed by atoms with Crippen LogP contribution >= 0.6 is 0 Å². The third kappa shape index (κ3) is 3.66. The second-order valence-electron chi connectivity index (χ2n) is 13.0. The first-order valence-corrected chi connectivity index (χ1v) is 14.0. The fourth-order valence-electron chi connectivity index (χ4n) is 9.84. The zero-order valence-electron chi connectivity index (χ0n) is 21.3. The number of hydrogen-bond donors (Lipinski definition) is 2. The number of nitrogens with zero attached hydrogens (tertiary/aromatic N) is 1. The molecule has 4 saturated carbocycles. The van der Waals surface area contributed by atoms with Gasteiger partial charge < -0.3 is 19.8 Å². The number of ether oxygens (including phenoxy) is 1. The fourth-order valence-corrected chi connectivity index (χ4v) is 9.84. The Labute approximate surface area is 200 Å². The van der Waals surface area contributed by atoms with Crippen molar-refractivity contribution in [3.63, 3.8) is 0 Å². The van der Waals surface area contributed by atoms with E-state index in [4.69, 9.17) is 4.74 Å². The van der Waals surface area contributed by atoms with E-state index in [1.54, 1.807) is 4.90 Å². The van der Waals surface area contributed by atoms with Gasteiger partial charge in [0.2, 0.25) is 0 Å². The summed E-state index contributed by atoms with van der Waals surface area (Å²) in [6, 6.07) is 0. The summed E-state index contributed by atoms with van der Waals surface area (Å²) in [5, 5.41) is 22.3. The summed E-state index contributed by atoms with van der Waals surface area (Å²) in [6.45, 7) is 11.7. The molecule has 33 heavy (non-hydrogen) atoms. The van der Waals surface area contributed by atoms with Crippen LogP contribution in [0.5, 0.6) is 0 Å². The second-order valence-corrected chi connectivity index (χ2v) is 13.0. The highest BCUT2D eigenvalue weighted by Gasteiger charge is 2.64. The van der Waals surface area contributed by atoms with Gasteiger partial charge in [0.05, 0.1) is 18.8 Å². The van der Waals surface area contributed by atoms with Crippen LogP contribution in [-0.2, 0) is 4.74 Å². The molecule has 1 unspecified atom stereocenters. The minimum absolute atomic E-state index is 0.136. The maximum Gasteiger partial charge on any atom is 0.409 e. The minimum Gasteiger partial charge on any atom is -0.449 e. The van der Waals surface area contributed by atoms with Crippen LogP contribution in [0.3, 0.4) is 0 Å². The average Bonchev–Trinajstić information content (AvgIpc) is 3.09. The highest BCUT2D eigenvalue weighted by molar-refractivity contribution is 5.68. The van der Waals surface area contributed by atoms with E-state index >= 15 is 0 Å². The SMILES string of the molecule is CC[C@H]1[C@@H](O)[C@@H]2C(CC[C@]3(C)[C@@H]([C@H](C)COC(=O)N4CCC4)CC[C@@H]23)[C@@]2(C)CC[C@@H](O)C[C@@H]12. The fraction of sp³-hybridized carbons (Fsp3) is 0.964. The number of hydrogen-bond acceptors (Lipinski definition) is 4. The number of aliphatic hydroxyl groups is 2. The van der Waals surface area contributed by atoms with Gasteiger partial charge in [0.25, 0.3) is 0 Å². The maximum atomic E-state index is 12.3. The van der Waals surface area contributed by atoms with Crippen LogP contribution in [0.25, 0.3) is 0 Å². The van der Waals surface area contributed by atoms with Crippen LogP contribution in [0.4, 0.5) is 4.79 Å². The highest BCUT2D eigenvalue weighted by atomic mass is 16.6. The smallest absolute Gasteiger partial charge is 0.409 e. The van der Waals surface area contributed by atoms with Crippen LogP contribution < -0.4 is 0 Å². The van der Waals surface area contributed by atoms with Gasteiger partial charge in [-0.05, 0) is 104 Å². The zero-order valence-corrected chi connectivity index (χ0v) is 21.3. The molecule has 0 bridgehead atoms. The van der Waals surface area contributed by atoms with E-state index < -0.39 is 0 Å². The Balaban J connectivity index is 1.34. The summed E-state index contributed by atoms with van der Waals surface area (Å²) in [7, 11) is 0. The molecule has 0 spiro atoms. The topological polar surface area (TPSA) is 70.0 Å². The highest BCUT2D eigenvalue weighted by Crippen LogP contribution is 2.69. The number of amides is 1. The quantitative estimate of drug-likeness (QED) is 0.612. The normalized spacial score (nSPS) is 49.9. The van der Waals surface area contributed by atoms with E-state index in [2.05, 4.69) is 27.7 Å². The van der Waals surface area contributed by atoms with Gasteiger partial charge in [-0.1, -0.05) is 34.1 Å². The Morgan fingerprint density at radius 2 is 1.73 bits per heavy atom. The van der Waals surface area contributed by atoms with Gasteiger partial charge in [-0.15, -0.1) is 0 Å². The number of carbonyl (C=O) groups excluding carboxylic acids is 1. The lowest BCUT2D eigenvalue weighted by Crippen LogP contribution is -2.62. The van der Waals surface area contributed by atoms with E-state index in [-0.39, 0.29) is 29.1 Å². The molecule has 188 valence electrons. The van der Waals surface area contributed by atoms with Gasteiger partial charge >= 0.3 is 6.09 Å². The standard InChI is InChI=1S/C28H47NO4/c1-5-19-23-15-18(30)9-11-28(23,4)22-10-12-27(3)20(7-8-21(27)24(22)25(19)31)17(2)16-33-26(32)29-13-6-14-29/h17-25,30-31H,5-16H2,1-4H3/t17-,18-,19-,20-,21+,22?,23+,24+,25-,27-,28-/m1/s1. The summed E-state index contributed by atoms with van der Waals surface area (Å²) < 4.78 is 5.72. The van der Waals surface area contributed by atoms with Crippen LogP contribution in [-0.4, -0.2) is 53.1 Å². The molecule has 0 aromatic carbocycles. The first kappa shape index (κ1) is 23.9. The average molecular weight is 462 g/mol. The molecule has 4 aliphatic carbocycles. The van der Waals surface area contributed by atoms with E-state index in [0.29, 0.717) is 48.0 Å². The first-order chi connectivity index (χ1) is 15.7. The summed E-state index contributed by atoms with van der Waals surface area (Å²) >= 11 is 0. The van der Waals surface area contributed by atoms with Crippen molar-refractivity contribution in [2.45, 2.75) is 97.7 Å². The molecule has 1 heterocycles. The van der Waals surface area contributed by atoms with Crippen LogP contribution in [0.15, 0.2) is 0 Å².